The molecule has 1 aliphatic heterocycles. The highest BCUT2D eigenvalue weighted by Crippen LogP contribution is 2.18. The topological polar surface area (TPSA) is 84.6 Å². The maximum Gasteiger partial charge on any atom is 0.310 e. The lowest BCUT2D eigenvalue weighted by atomic mass is 9.98. The van der Waals surface area contributed by atoms with Crippen molar-refractivity contribution < 1.29 is 9.53 Å². The van der Waals surface area contributed by atoms with Gasteiger partial charge in [-0.05, 0) is 37.8 Å². The molecule has 164 valence electrons. The first-order valence-electron chi connectivity index (χ1n) is 10.3. The van der Waals surface area contributed by atoms with E-state index in [0.29, 0.717) is 26.2 Å². The fourth-order valence-corrected chi connectivity index (χ4v) is 3.54. The Morgan fingerprint density at radius 1 is 1.33 bits per heavy atom. The second-order valence-corrected chi connectivity index (χ2v) is 7.12. The quantitative estimate of drug-likeness (QED) is 0.259. The number of hydrogen-bond acceptors (Lipinski definition) is 5. The van der Waals surface area contributed by atoms with Gasteiger partial charge in [-0.15, -0.1) is 24.0 Å². The highest BCUT2D eigenvalue weighted by atomic mass is 127. The summed E-state index contributed by atoms with van der Waals surface area (Å²) < 4.78 is 7.02. The van der Waals surface area contributed by atoms with Crippen molar-refractivity contribution in [3.8, 4) is 0 Å². The number of guanidine groups is 1. The fraction of sp³-hybridized carbons (Fsp3) is 0.524. The second kappa shape index (κ2) is 12.5. The van der Waals surface area contributed by atoms with Crippen LogP contribution in [0.4, 0.5) is 0 Å². The molecule has 1 aliphatic rings. The molecule has 2 heterocycles. The lowest BCUT2D eigenvalue weighted by Crippen LogP contribution is -2.48. The molecule has 0 amide bonds. The number of likely N-dealkylation sites (tertiary alicyclic amines) is 1. The zero-order chi connectivity index (χ0) is 20.5. The van der Waals surface area contributed by atoms with Gasteiger partial charge in [0.15, 0.2) is 5.96 Å². The highest BCUT2D eigenvalue weighted by Gasteiger charge is 2.28. The van der Waals surface area contributed by atoms with Crippen molar-refractivity contribution in [2.24, 2.45) is 10.9 Å². The molecule has 1 unspecified atom stereocenters. The molecule has 0 aliphatic carbocycles. The Kier molecular flexibility index (Phi) is 10.0. The van der Waals surface area contributed by atoms with E-state index in [1.807, 2.05) is 13.0 Å². The molecule has 3 rings (SSSR count). The number of rotatable bonds is 7. The van der Waals surface area contributed by atoms with Crippen LogP contribution in [0.1, 0.15) is 37.8 Å². The lowest BCUT2D eigenvalue weighted by Gasteiger charge is -2.34. The van der Waals surface area contributed by atoms with Crippen molar-refractivity contribution in [1.82, 2.24) is 25.0 Å². The molecule has 0 bridgehead atoms. The molecule has 1 saturated heterocycles. The zero-order valence-corrected chi connectivity index (χ0v) is 20.0. The fourth-order valence-electron chi connectivity index (χ4n) is 3.54. The van der Waals surface area contributed by atoms with Gasteiger partial charge in [-0.1, -0.05) is 24.3 Å². The minimum atomic E-state index is -0.103. The maximum atomic E-state index is 12.2. The Bertz CT molecular complexity index is 812. The number of nitrogens with one attached hydrogen (secondary N) is 1. The Morgan fingerprint density at radius 2 is 2.17 bits per heavy atom. The van der Waals surface area contributed by atoms with E-state index in [4.69, 9.17) is 9.73 Å². The summed E-state index contributed by atoms with van der Waals surface area (Å²) in [7, 11) is 0. The summed E-state index contributed by atoms with van der Waals surface area (Å²) in [6.07, 6.45) is 5.09. The molecule has 1 fully saturated rings. The van der Waals surface area contributed by atoms with E-state index < -0.39 is 0 Å². The summed E-state index contributed by atoms with van der Waals surface area (Å²) >= 11 is 0. The molecule has 30 heavy (non-hydrogen) atoms. The summed E-state index contributed by atoms with van der Waals surface area (Å²) in [5, 5.41) is 7.53. The molecule has 1 N–H and O–H groups in total. The molecular weight excluding hydrogens is 495 g/mol. The molecular formula is C21H31IN6O2. The molecule has 1 aromatic carbocycles. The molecule has 1 aromatic heterocycles. The van der Waals surface area contributed by atoms with Crippen LogP contribution in [0.2, 0.25) is 0 Å². The molecule has 0 spiro atoms. The van der Waals surface area contributed by atoms with E-state index in [1.54, 1.807) is 17.3 Å². The van der Waals surface area contributed by atoms with Gasteiger partial charge in [0.25, 0.3) is 0 Å². The molecule has 0 radical (unpaired) electrons. The van der Waals surface area contributed by atoms with Gasteiger partial charge >= 0.3 is 5.97 Å². The van der Waals surface area contributed by atoms with E-state index in [0.717, 1.165) is 43.0 Å². The van der Waals surface area contributed by atoms with E-state index >= 15 is 0 Å². The predicted octanol–water partition coefficient (Wildman–Crippen LogP) is 2.69. The number of nitrogens with zero attached hydrogens (tertiary/aromatic N) is 5. The van der Waals surface area contributed by atoms with Crippen LogP contribution in [0.3, 0.4) is 0 Å². The predicted molar refractivity (Wildman–Crippen MR) is 127 cm³/mol. The van der Waals surface area contributed by atoms with Gasteiger partial charge in [-0.25, -0.2) is 14.7 Å². The van der Waals surface area contributed by atoms with E-state index in [9.17, 15) is 4.79 Å². The number of halogens is 1. The molecule has 8 nitrogen and oxygen atoms in total. The normalized spacial score (nSPS) is 16.7. The first kappa shape index (κ1) is 24.1. The number of benzene rings is 1. The van der Waals surface area contributed by atoms with E-state index in [1.165, 1.54) is 0 Å². The molecule has 1 atom stereocenters. The Hall–Kier alpha value is -2.17. The van der Waals surface area contributed by atoms with Crippen LogP contribution < -0.4 is 5.32 Å². The number of carbonyl (C=O) groups is 1. The van der Waals surface area contributed by atoms with Crippen LogP contribution in [0.25, 0.3) is 0 Å². The van der Waals surface area contributed by atoms with Gasteiger partial charge in [0.2, 0.25) is 0 Å². The van der Waals surface area contributed by atoms with Crippen LogP contribution in [-0.4, -0.2) is 57.8 Å². The van der Waals surface area contributed by atoms with Gasteiger partial charge in [0, 0.05) is 19.6 Å². The van der Waals surface area contributed by atoms with Crippen LogP contribution >= 0.6 is 24.0 Å². The standard InChI is InChI=1S/C21H30N6O2.HI/c1-3-23-21(26-10-6-9-19(14-26)20(28)29-4-2)24-12-17-7-5-8-18(11-17)13-27-16-22-15-25-27;/h5,7-8,11,15-16,19H,3-4,6,9-10,12-14H2,1-2H3,(H,23,24);1H. The van der Waals surface area contributed by atoms with Gasteiger partial charge in [0.1, 0.15) is 12.7 Å². The lowest BCUT2D eigenvalue weighted by molar-refractivity contribution is -0.149. The number of aliphatic imine (C=N–C) groups is 1. The van der Waals surface area contributed by atoms with Crippen molar-refractivity contribution in [1.29, 1.82) is 0 Å². The molecule has 9 heteroatoms. The van der Waals surface area contributed by atoms with Crippen LogP contribution in [0, 0.1) is 5.92 Å². The Balaban J connectivity index is 0.00000320. The minimum Gasteiger partial charge on any atom is -0.466 e. The van der Waals surface area contributed by atoms with E-state index in [2.05, 4.69) is 45.4 Å². The largest absolute Gasteiger partial charge is 0.466 e. The van der Waals surface area contributed by atoms with Crippen molar-refractivity contribution in [3.63, 3.8) is 0 Å². The van der Waals surface area contributed by atoms with Crippen molar-refractivity contribution in [2.75, 3.05) is 26.2 Å². The maximum absolute atomic E-state index is 12.2. The third-order valence-electron chi connectivity index (χ3n) is 4.89. The average molecular weight is 526 g/mol. The third-order valence-corrected chi connectivity index (χ3v) is 4.89. The minimum absolute atomic E-state index is 0. The summed E-state index contributed by atoms with van der Waals surface area (Å²) in [4.78, 5) is 23.1. The highest BCUT2D eigenvalue weighted by molar-refractivity contribution is 14.0. The Labute approximate surface area is 195 Å². The first-order valence-corrected chi connectivity index (χ1v) is 10.3. The smallest absolute Gasteiger partial charge is 0.310 e. The van der Waals surface area contributed by atoms with Crippen molar-refractivity contribution >= 4 is 35.9 Å². The average Bonchev–Trinajstić information content (AvgIpc) is 3.25. The van der Waals surface area contributed by atoms with Crippen LogP contribution in [-0.2, 0) is 22.6 Å². The monoisotopic (exact) mass is 526 g/mol. The Morgan fingerprint density at radius 3 is 2.90 bits per heavy atom. The third kappa shape index (κ3) is 6.96. The molecule has 2 aromatic rings. The number of ether oxygens (including phenoxy) is 1. The van der Waals surface area contributed by atoms with Gasteiger partial charge in [-0.2, -0.15) is 5.10 Å². The van der Waals surface area contributed by atoms with Gasteiger partial charge < -0.3 is 15.0 Å². The summed E-state index contributed by atoms with van der Waals surface area (Å²) in [5.41, 5.74) is 2.30. The number of carbonyl (C=O) groups excluding carboxylic acids is 1. The van der Waals surface area contributed by atoms with Crippen LogP contribution in [0.15, 0.2) is 41.9 Å². The van der Waals surface area contributed by atoms with Gasteiger partial charge in [-0.3, -0.25) is 4.79 Å². The van der Waals surface area contributed by atoms with Crippen molar-refractivity contribution in [2.45, 2.75) is 39.8 Å². The number of piperidine rings is 1. The summed E-state index contributed by atoms with van der Waals surface area (Å²) in [6, 6.07) is 8.35. The van der Waals surface area contributed by atoms with E-state index in [-0.39, 0.29) is 35.9 Å². The number of hydrogen-bond donors (Lipinski definition) is 1. The first-order chi connectivity index (χ1) is 14.2. The molecule has 0 saturated carbocycles. The van der Waals surface area contributed by atoms with Gasteiger partial charge in [0.05, 0.1) is 25.6 Å². The summed E-state index contributed by atoms with van der Waals surface area (Å²) in [6.45, 7) is 7.92. The second-order valence-electron chi connectivity index (χ2n) is 7.12. The zero-order valence-electron chi connectivity index (χ0n) is 17.7. The SMILES string of the molecule is CCNC(=NCc1cccc(Cn2cncn2)c1)N1CCCC(C(=O)OCC)C1.I. The number of esters is 1. The van der Waals surface area contributed by atoms with Crippen molar-refractivity contribution in [3.05, 3.63) is 48.0 Å². The van der Waals surface area contributed by atoms with Crippen LogP contribution in [0.5, 0.6) is 0 Å². The number of aromatic nitrogens is 3. The summed E-state index contributed by atoms with van der Waals surface area (Å²) in [5.74, 6) is 0.663.